The Hall–Kier alpha value is -2.20. The van der Waals surface area contributed by atoms with E-state index in [4.69, 9.17) is 19.0 Å². The Morgan fingerprint density at radius 1 is 1.32 bits per heavy atom. The van der Waals surface area contributed by atoms with Gasteiger partial charge in [-0.2, -0.15) is 10.2 Å². The summed E-state index contributed by atoms with van der Waals surface area (Å²) in [6, 6.07) is 2.05. The molecule has 2 heterocycles. The molecule has 0 spiro atoms. The Kier molecular flexibility index (Phi) is 4.26. The van der Waals surface area contributed by atoms with Crippen molar-refractivity contribution in [2.24, 2.45) is 0 Å². The van der Waals surface area contributed by atoms with Crippen molar-refractivity contribution in [3.8, 4) is 6.07 Å². The highest BCUT2D eigenvalue weighted by atomic mass is 16.5. The Labute approximate surface area is 110 Å². The molecule has 0 aliphatic heterocycles. The highest BCUT2D eigenvalue weighted by Gasteiger charge is 2.16. The summed E-state index contributed by atoms with van der Waals surface area (Å²) < 4.78 is 15.3. The molecular weight excluding hydrogens is 248 g/mol. The molecule has 0 N–H and O–H groups in total. The summed E-state index contributed by atoms with van der Waals surface area (Å²) in [5.74, 6) is 1.49. The summed E-state index contributed by atoms with van der Waals surface area (Å²) in [6.45, 7) is 4.84. The molecule has 0 amide bonds. The zero-order valence-electron chi connectivity index (χ0n) is 10.8. The minimum absolute atomic E-state index is 0.294. The maximum Gasteiger partial charge on any atom is 0.232 e. The van der Waals surface area contributed by atoms with Gasteiger partial charge >= 0.3 is 0 Å². The normalized spacial score (nSPS) is 10.6. The number of aromatic nitrogens is 3. The third kappa shape index (κ3) is 3.17. The third-order valence-electron chi connectivity index (χ3n) is 2.55. The van der Waals surface area contributed by atoms with Crippen LogP contribution in [-0.4, -0.2) is 28.5 Å². The second-order valence-corrected chi connectivity index (χ2v) is 3.90. The molecule has 0 saturated carbocycles. The summed E-state index contributed by atoms with van der Waals surface area (Å²) in [5, 5.41) is 16.6. The predicted octanol–water partition coefficient (Wildman–Crippen LogP) is 1.41. The minimum Gasteiger partial charge on any atom is -0.381 e. The molecule has 2 aromatic heterocycles. The summed E-state index contributed by atoms with van der Waals surface area (Å²) in [5.41, 5.74) is 0.939. The van der Waals surface area contributed by atoms with E-state index in [2.05, 4.69) is 15.3 Å². The quantitative estimate of drug-likeness (QED) is 0.725. The zero-order chi connectivity index (χ0) is 13.7. The van der Waals surface area contributed by atoms with Crippen LogP contribution in [0.15, 0.2) is 9.05 Å². The van der Waals surface area contributed by atoms with E-state index in [-0.39, 0.29) is 0 Å². The van der Waals surface area contributed by atoms with Gasteiger partial charge < -0.3 is 13.8 Å². The van der Waals surface area contributed by atoms with Crippen LogP contribution in [0.4, 0.5) is 0 Å². The molecule has 0 bridgehead atoms. The Balaban J connectivity index is 2.01. The van der Waals surface area contributed by atoms with E-state index in [0.717, 1.165) is 0 Å². The molecule has 0 aliphatic carbocycles. The van der Waals surface area contributed by atoms with Crippen LogP contribution in [0, 0.1) is 18.3 Å². The Morgan fingerprint density at radius 3 is 2.89 bits per heavy atom. The maximum atomic E-state index is 8.98. The molecule has 0 fully saturated rings. The summed E-state index contributed by atoms with van der Waals surface area (Å²) in [4.78, 5) is 4.21. The molecule has 0 saturated heterocycles. The van der Waals surface area contributed by atoms with Gasteiger partial charge in [-0.3, -0.25) is 0 Å². The van der Waals surface area contributed by atoms with E-state index in [0.29, 0.717) is 54.8 Å². The van der Waals surface area contributed by atoms with Gasteiger partial charge in [0.15, 0.2) is 11.6 Å². The predicted molar refractivity (Wildman–Crippen MR) is 63.3 cm³/mol. The monoisotopic (exact) mass is 262 g/mol. The van der Waals surface area contributed by atoms with Crippen LogP contribution < -0.4 is 0 Å². The summed E-state index contributed by atoms with van der Waals surface area (Å²) in [7, 11) is 0. The highest BCUT2D eigenvalue weighted by Crippen LogP contribution is 2.15. The van der Waals surface area contributed by atoms with Crippen molar-refractivity contribution in [1.29, 1.82) is 5.26 Å². The fourth-order valence-electron chi connectivity index (χ4n) is 1.60. The van der Waals surface area contributed by atoms with Gasteiger partial charge in [0.25, 0.3) is 0 Å². The van der Waals surface area contributed by atoms with Crippen molar-refractivity contribution in [3.63, 3.8) is 0 Å². The van der Waals surface area contributed by atoms with Crippen molar-refractivity contribution in [3.05, 3.63) is 28.7 Å². The first-order valence-electron chi connectivity index (χ1n) is 5.99. The molecule has 7 nitrogen and oxygen atoms in total. The van der Waals surface area contributed by atoms with E-state index < -0.39 is 0 Å². The molecule has 0 aromatic carbocycles. The molecule has 0 radical (unpaired) electrons. The van der Waals surface area contributed by atoms with Crippen LogP contribution in [0.25, 0.3) is 0 Å². The van der Waals surface area contributed by atoms with E-state index in [1.54, 1.807) is 6.92 Å². The van der Waals surface area contributed by atoms with Crippen molar-refractivity contribution < 1.29 is 13.8 Å². The van der Waals surface area contributed by atoms with Crippen LogP contribution >= 0.6 is 0 Å². The lowest BCUT2D eigenvalue weighted by molar-refractivity contribution is 0.149. The Morgan fingerprint density at radius 2 is 2.16 bits per heavy atom. The molecule has 19 heavy (non-hydrogen) atoms. The SMILES string of the molecule is CCOCCc1noc(Cc2noc(C)c2C#N)n1. The average molecular weight is 262 g/mol. The number of aryl methyl sites for hydroxylation is 1. The number of rotatable bonds is 6. The topological polar surface area (TPSA) is 98.0 Å². The van der Waals surface area contributed by atoms with Crippen molar-refractivity contribution in [2.45, 2.75) is 26.7 Å². The van der Waals surface area contributed by atoms with Crippen LogP contribution in [0.2, 0.25) is 0 Å². The molecule has 2 aromatic rings. The maximum absolute atomic E-state index is 8.98. The van der Waals surface area contributed by atoms with Gasteiger partial charge in [-0.25, -0.2) is 0 Å². The van der Waals surface area contributed by atoms with E-state index >= 15 is 0 Å². The zero-order valence-corrected chi connectivity index (χ0v) is 10.8. The molecule has 7 heteroatoms. The highest BCUT2D eigenvalue weighted by molar-refractivity contribution is 5.36. The van der Waals surface area contributed by atoms with Gasteiger partial charge in [0, 0.05) is 13.0 Å². The van der Waals surface area contributed by atoms with Crippen molar-refractivity contribution in [2.75, 3.05) is 13.2 Å². The lowest BCUT2D eigenvalue weighted by Crippen LogP contribution is -1.99. The van der Waals surface area contributed by atoms with Gasteiger partial charge in [0.1, 0.15) is 17.3 Å². The fourth-order valence-corrected chi connectivity index (χ4v) is 1.60. The average Bonchev–Trinajstić information content (AvgIpc) is 2.98. The third-order valence-corrected chi connectivity index (χ3v) is 2.55. The van der Waals surface area contributed by atoms with Gasteiger partial charge in [0.05, 0.1) is 13.0 Å². The van der Waals surface area contributed by atoms with Gasteiger partial charge in [-0.05, 0) is 13.8 Å². The summed E-state index contributed by atoms with van der Waals surface area (Å²) in [6.07, 6.45) is 0.891. The summed E-state index contributed by atoms with van der Waals surface area (Å²) >= 11 is 0. The lowest BCUT2D eigenvalue weighted by Gasteiger charge is -1.94. The van der Waals surface area contributed by atoms with Gasteiger partial charge in [-0.15, -0.1) is 0 Å². The molecule has 0 unspecified atom stereocenters. The molecule has 0 atom stereocenters. The first-order chi connectivity index (χ1) is 9.24. The first-order valence-corrected chi connectivity index (χ1v) is 5.99. The first kappa shape index (κ1) is 13.2. The van der Waals surface area contributed by atoms with Crippen molar-refractivity contribution >= 4 is 0 Å². The molecule has 0 aliphatic rings. The molecule has 2 rings (SSSR count). The number of hydrogen-bond acceptors (Lipinski definition) is 7. The fraction of sp³-hybridized carbons (Fsp3) is 0.500. The second-order valence-electron chi connectivity index (χ2n) is 3.90. The standard InChI is InChI=1S/C12H14N4O3/c1-3-17-5-4-11-14-12(19-16-11)6-10-9(7-13)8(2)18-15-10/h3-6H2,1-2H3. The number of nitrogens with zero attached hydrogens (tertiary/aromatic N) is 4. The second kappa shape index (κ2) is 6.11. The van der Waals surface area contributed by atoms with E-state index in [9.17, 15) is 0 Å². The van der Waals surface area contributed by atoms with Gasteiger partial charge in [0.2, 0.25) is 5.89 Å². The number of hydrogen-bond donors (Lipinski definition) is 0. The molecule has 100 valence electrons. The van der Waals surface area contributed by atoms with Crippen LogP contribution in [-0.2, 0) is 17.6 Å². The largest absolute Gasteiger partial charge is 0.381 e. The number of ether oxygens (including phenoxy) is 1. The van der Waals surface area contributed by atoms with E-state index in [1.807, 2.05) is 13.0 Å². The van der Waals surface area contributed by atoms with Crippen LogP contribution in [0.5, 0.6) is 0 Å². The smallest absolute Gasteiger partial charge is 0.232 e. The van der Waals surface area contributed by atoms with Crippen LogP contribution in [0.1, 0.15) is 35.7 Å². The minimum atomic E-state index is 0.294. The molecular formula is C12H14N4O3. The van der Waals surface area contributed by atoms with Crippen LogP contribution in [0.3, 0.4) is 0 Å². The van der Waals surface area contributed by atoms with E-state index in [1.165, 1.54) is 0 Å². The Bertz CT molecular complexity index is 582. The number of nitriles is 1. The van der Waals surface area contributed by atoms with Gasteiger partial charge in [-0.1, -0.05) is 10.3 Å². The van der Waals surface area contributed by atoms with Crippen molar-refractivity contribution in [1.82, 2.24) is 15.3 Å². The lowest BCUT2D eigenvalue weighted by atomic mass is 10.2.